The van der Waals surface area contributed by atoms with E-state index in [0.29, 0.717) is 25.6 Å². The summed E-state index contributed by atoms with van der Waals surface area (Å²) >= 11 is 0. The molecule has 166 valence electrons. The minimum absolute atomic E-state index is 0.0539. The second-order valence-corrected chi connectivity index (χ2v) is 8.46. The second kappa shape index (κ2) is 8.86. The van der Waals surface area contributed by atoms with Gasteiger partial charge in [0, 0.05) is 37.6 Å². The normalized spacial score (nSPS) is 18.2. The van der Waals surface area contributed by atoms with E-state index >= 15 is 0 Å². The highest BCUT2D eigenvalue weighted by atomic mass is 16.7. The Labute approximate surface area is 187 Å². The van der Waals surface area contributed by atoms with Crippen LogP contribution >= 0.6 is 0 Å². The molecule has 7 nitrogen and oxygen atoms in total. The first kappa shape index (κ1) is 20.9. The van der Waals surface area contributed by atoms with Crippen molar-refractivity contribution in [3.05, 3.63) is 66.2 Å². The van der Waals surface area contributed by atoms with E-state index in [0.717, 1.165) is 42.9 Å². The van der Waals surface area contributed by atoms with Crippen LogP contribution < -0.4 is 5.32 Å². The number of hydrogen-bond donors (Lipinski definition) is 1. The van der Waals surface area contributed by atoms with E-state index in [1.54, 1.807) is 4.68 Å². The number of aryl methyl sites for hydroxylation is 1. The number of piperidine rings is 1. The summed E-state index contributed by atoms with van der Waals surface area (Å²) in [6, 6.07) is 20.0. The number of nitrogens with one attached hydrogen (secondary N) is 1. The van der Waals surface area contributed by atoms with Crippen LogP contribution in [-0.2, 0) is 14.3 Å². The Morgan fingerprint density at radius 2 is 1.72 bits per heavy atom. The topological polar surface area (TPSA) is 68.6 Å². The maximum absolute atomic E-state index is 12.9. The minimum atomic E-state index is -0.429. The number of rotatable bonds is 5. The number of nitrogens with zero attached hydrogens (tertiary/aromatic N) is 3. The lowest BCUT2D eigenvalue weighted by atomic mass is 10.0. The van der Waals surface area contributed by atoms with Crippen LogP contribution in [0.15, 0.2) is 60.7 Å². The van der Waals surface area contributed by atoms with Gasteiger partial charge < -0.3 is 14.8 Å². The van der Waals surface area contributed by atoms with E-state index in [2.05, 4.69) is 41.4 Å². The molecule has 1 spiro atoms. The number of anilines is 1. The third kappa shape index (κ3) is 4.46. The van der Waals surface area contributed by atoms with Gasteiger partial charge in [-0.2, -0.15) is 5.10 Å². The third-order valence-corrected chi connectivity index (χ3v) is 6.12. The molecule has 2 aliphatic rings. The van der Waals surface area contributed by atoms with Crippen molar-refractivity contribution in [1.82, 2.24) is 14.7 Å². The van der Waals surface area contributed by atoms with E-state index < -0.39 is 5.79 Å². The quantitative estimate of drug-likeness (QED) is 0.667. The molecule has 1 aromatic heterocycles. The largest absolute Gasteiger partial charge is 0.347 e. The van der Waals surface area contributed by atoms with Crippen molar-refractivity contribution in [3.8, 4) is 16.9 Å². The van der Waals surface area contributed by atoms with Crippen LogP contribution in [0.1, 0.15) is 18.4 Å². The number of carbonyl (C=O) groups excluding carboxylic acids is 1. The SMILES string of the molecule is Cc1ccc(-c2cc(NC(=O)CN3CCC4(CC3)OCCO4)n(-c3ccccc3)n2)cc1. The highest BCUT2D eigenvalue weighted by Crippen LogP contribution is 2.31. The van der Waals surface area contributed by atoms with Gasteiger partial charge in [0.25, 0.3) is 0 Å². The smallest absolute Gasteiger partial charge is 0.239 e. The summed E-state index contributed by atoms with van der Waals surface area (Å²) in [4.78, 5) is 15.1. The number of hydrogen-bond acceptors (Lipinski definition) is 5. The van der Waals surface area contributed by atoms with E-state index in [1.807, 2.05) is 36.4 Å². The summed E-state index contributed by atoms with van der Waals surface area (Å²) in [7, 11) is 0. The lowest BCUT2D eigenvalue weighted by Gasteiger charge is -2.37. The van der Waals surface area contributed by atoms with Crippen LogP contribution in [-0.4, -0.2) is 59.2 Å². The molecule has 2 aliphatic heterocycles. The second-order valence-electron chi connectivity index (χ2n) is 8.46. The highest BCUT2D eigenvalue weighted by Gasteiger charge is 2.39. The van der Waals surface area contributed by atoms with E-state index in [9.17, 15) is 4.79 Å². The van der Waals surface area contributed by atoms with Crippen molar-refractivity contribution < 1.29 is 14.3 Å². The Morgan fingerprint density at radius 1 is 1.03 bits per heavy atom. The van der Waals surface area contributed by atoms with Gasteiger partial charge in [-0.15, -0.1) is 0 Å². The Morgan fingerprint density at radius 3 is 2.41 bits per heavy atom. The van der Waals surface area contributed by atoms with Gasteiger partial charge in [-0.05, 0) is 19.1 Å². The maximum Gasteiger partial charge on any atom is 0.239 e. The standard InChI is InChI=1S/C25H28N4O3/c1-19-7-9-20(10-8-19)22-17-23(29(27-22)21-5-3-2-4-6-21)26-24(30)18-28-13-11-25(12-14-28)31-15-16-32-25/h2-10,17H,11-16,18H2,1H3,(H,26,30). The van der Waals surface area contributed by atoms with Crippen LogP contribution in [0.5, 0.6) is 0 Å². The highest BCUT2D eigenvalue weighted by molar-refractivity contribution is 5.92. The third-order valence-electron chi connectivity index (χ3n) is 6.12. The van der Waals surface area contributed by atoms with Crippen molar-refractivity contribution in [2.24, 2.45) is 0 Å². The van der Waals surface area contributed by atoms with Gasteiger partial charge in [-0.3, -0.25) is 9.69 Å². The fraction of sp³-hybridized carbons (Fsp3) is 0.360. The predicted octanol–water partition coefficient (Wildman–Crippen LogP) is 3.63. The summed E-state index contributed by atoms with van der Waals surface area (Å²) < 4.78 is 13.4. The lowest BCUT2D eigenvalue weighted by molar-refractivity contribution is -0.185. The van der Waals surface area contributed by atoms with Crippen LogP contribution in [0.3, 0.4) is 0 Å². The molecule has 0 unspecified atom stereocenters. The Kier molecular flexibility index (Phi) is 5.78. The van der Waals surface area contributed by atoms with Crippen molar-refractivity contribution in [2.75, 3.05) is 38.2 Å². The molecule has 2 saturated heterocycles. The lowest BCUT2D eigenvalue weighted by Crippen LogP contribution is -2.47. The number of carbonyl (C=O) groups is 1. The van der Waals surface area contributed by atoms with Crippen LogP contribution in [0.25, 0.3) is 16.9 Å². The van der Waals surface area contributed by atoms with Gasteiger partial charge in [0.05, 0.1) is 31.1 Å². The summed E-state index contributed by atoms with van der Waals surface area (Å²) in [6.07, 6.45) is 1.58. The Hall–Kier alpha value is -3.00. The molecule has 0 aliphatic carbocycles. The van der Waals surface area contributed by atoms with E-state index in [-0.39, 0.29) is 5.91 Å². The van der Waals surface area contributed by atoms with Crippen molar-refractivity contribution in [1.29, 1.82) is 0 Å². The zero-order chi connectivity index (χ0) is 22.0. The van der Waals surface area contributed by atoms with Crippen molar-refractivity contribution in [2.45, 2.75) is 25.6 Å². The maximum atomic E-state index is 12.9. The molecular weight excluding hydrogens is 404 g/mol. The zero-order valence-electron chi connectivity index (χ0n) is 18.3. The molecule has 3 aromatic rings. The Bertz CT molecular complexity index is 1060. The molecule has 0 bridgehead atoms. The van der Waals surface area contributed by atoms with Gasteiger partial charge >= 0.3 is 0 Å². The molecule has 1 N–H and O–H groups in total. The fourth-order valence-corrected chi connectivity index (χ4v) is 4.32. The molecular formula is C25H28N4O3. The molecule has 3 heterocycles. The van der Waals surface area contributed by atoms with Crippen LogP contribution in [0, 0.1) is 6.92 Å². The van der Waals surface area contributed by atoms with Gasteiger partial charge in [0.1, 0.15) is 5.82 Å². The van der Waals surface area contributed by atoms with Gasteiger partial charge in [-0.25, -0.2) is 4.68 Å². The number of amides is 1. The van der Waals surface area contributed by atoms with Gasteiger partial charge in [0.2, 0.25) is 5.91 Å². The molecule has 2 aromatic carbocycles. The summed E-state index contributed by atoms with van der Waals surface area (Å²) in [5.41, 5.74) is 3.93. The van der Waals surface area contributed by atoms with Crippen molar-refractivity contribution in [3.63, 3.8) is 0 Å². The van der Waals surface area contributed by atoms with Gasteiger partial charge in [0.15, 0.2) is 5.79 Å². The molecule has 1 amide bonds. The molecule has 7 heteroatoms. The Balaban J connectivity index is 1.32. The fourth-order valence-electron chi connectivity index (χ4n) is 4.32. The first-order chi connectivity index (χ1) is 15.6. The summed E-state index contributed by atoms with van der Waals surface area (Å²) in [5, 5.41) is 7.86. The molecule has 0 saturated carbocycles. The van der Waals surface area contributed by atoms with Crippen LogP contribution in [0.4, 0.5) is 5.82 Å². The number of benzene rings is 2. The van der Waals surface area contributed by atoms with Gasteiger partial charge in [-0.1, -0.05) is 48.0 Å². The molecule has 2 fully saturated rings. The summed E-state index contributed by atoms with van der Waals surface area (Å²) in [5.74, 6) is 0.177. The van der Waals surface area contributed by atoms with E-state index in [4.69, 9.17) is 14.6 Å². The number of likely N-dealkylation sites (tertiary alicyclic amines) is 1. The minimum Gasteiger partial charge on any atom is -0.347 e. The summed E-state index contributed by atoms with van der Waals surface area (Å²) in [6.45, 7) is 5.27. The molecule has 5 rings (SSSR count). The molecule has 32 heavy (non-hydrogen) atoms. The average molecular weight is 433 g/mol. The number of aromatic nitrogens is 2. The first-order valence-electron chi connectivity index (χ1n) is 11.1. The molecule has 0 atom stereocenters. The monoisotopic (exact) mass is 432 g/mol. The predicted molar refractivity (Wildman–Crippen MR) is 123 cm³/mol. The average Bonchev–Trinajstić information content (AvgIpc) is 3.44. The van der Waals surface area contributed by atoms with E-state index in [1.165, 1.54) is 5.56 Å². The zero-order valence-corrected chi connectivity index (χ0v) is 18.3. The molecule has 0 radical (unpaired) electrons. The first-order valence-corrected chi connectivity index (χ1v) is 11.1. The number of ether oxygens (including phenoxy) is 2. The van der Waals surface area contributed by atoms with Crippen LogP contribution in [0.2, 0.25) is 0 Å². The number of para-hydroxylation sites is 1. The van der Waals surface area contributed by atoms with Crippen molar-refractivity contribution >= 4 is 11.7 Å².